The van der Waals surface area contributed by atoms with Gasteiger partial charge in [-0.05, 0) is 72.6 Å². The number of rotatable bonds is 14. The summed E-state index contributed by atoms with van der Waals surface area (Å²) in [5.41, 5.74) is 1.14. The molecule has 0 N–H and O–H groups in total. The summed E-state index contributed by atoms with van der Waals surface area (Å²) in [5.74, 6) is 0.513. The second-order valence-corrected chi connectivity index (χ2v) is 13.9. The van der Waals surface area contributed by atoms with Crippen molar-refractivity contribution in [2.75, 3.05) is 27.5 Å². The summed E-state index contributed by atoms with van der Waals surface area (Å²) < 4.78 is 43.2. The Kier molecular flexibility index (Phi) is 11.3. The molecule has 5 aromatic carbocycles. The van der Waals surface area contributed by atoms with Crippen LogP contribution in [0.1, 0.15) is 38.8 Å². The first-order valence-corrected chi connectivity index (χ1v) is 17.3. The van der Waals surface area contributed by atoms with E-state index < -0.39 is 31.3 Å². The molecule has 0 aliphatic rings. The lowest BCUT2D eigenvalue weighted by molar-refractivity contribution is -0.0382. The molecule has 0 radical (unpaired) electrons. The highest BCUT2D eigenvalue weighted by Crippen LogP contribution is 2.45. The number of esters is 2. The number of carbonyl (C=O) groups excluding carboxylic acids is 2. The Hall–Kier alpha value is -5.33. The van der Waals surface area contributed by atoms with Gasteiger partial charge in [-0.15, -0.1) is 0 Å². The molecule has 0 amide bonds. The molecule has 0 aliphatic heterocycles. The molecule has 0 aliphatic carbocycles. The van der Waals surface area contributed by atoms with Gasteiger partial charge in [0.2, 0.25) is 0 Å². The minimum absolute atomic E-state index is 0.107. The molecule has 5 aromatic rings. The fourth-order valence-electron chi connectivity index (χ4n) is 5.32. The topological polar surface area (TPSA) is 97.4 Å². The molecule has 8 nitrogen and oxygen atoms in total. The van der Waals surface area contributed by atoms with Gasteiger partial charge in [-0.1, -0.05) is 72.8 Å². The van der Waals surface area contributed by atoms with E-state index in [1.165, 1.54) is 7.11 Å². The van der Waals surface area contributed by atoms with Gasteiger partial charge in [-0.25, -0.2) is 9.59 Å². The van der Waals surface area contributed by atoms with Crippen molar-refractivity contribution >= 4 is 29.7 Å². The maximum Gasteiger partial charge on any atom is 0.338 e. The molecular weight excluding hydrogens is 627 g/mol. The first-order valence-electron chi connectivity index (χ1n) is 15.4. The largest absolute Gasteiger partial charge is 0.497 e. The van der Waals surface area contributed by atoms with Crippen LogP contribution in [-0.2, 0) is 14.0 Å². The van der Waals surface area contributed by atoms with Crippen molar-refractivity contribution in [2.45, 2.75) is 18.6 Å². The average Bonchev–Trinajstić information content (AvgIpc) is 3.16. The Bertz CT molecular complexity index is 1780. The number of hydrogen-bond donors (Lipinski definition) is 0. The number of methoxy groups -OCH3 is 3. The molecule has 0 saturated heterocycles. The van der Waals surface area contributed by atoms with Gasteiger partial charge >= 0.3 is 11.9 Å². The van der Waals surface area contributed by atoms with E-state index in [1.807, 2.05) is 60.7 Å². The minimum atomic E-state index is -3.23. The van der Waals surface area contributed by atoms with Crippen LogP contribution in [0.25, 0.3) is 0 Å². The summed E-state index contributed by atoms with van der Waals surface area (Å²) in [4.78, 5) is 27.3. The normalized spacial score (nSPS) is 12.3. The molecule has 0 aromatic heterocycles. The molecule has 0 bridgehead atoms. The zero-order valence-corrected chi connectivity index (χ0v) is 27.9. The highest BCUT2D eigenvalue weighted by molar-refractivity contribution is 7.78. The zero-order chi connectivity index (χ0) is 33.9. The molecule has 0 spiro atoms. The number of benzene rings is 5. The van der Waals surface area contributed by atoms with Crippen LogP contribution in [0.5, 0.6) is 17.2 Å². The van der Waals surface area contributed by atoms with Crippen LogP contribution in [-0.4, -0.2) is 45.5 Å². The van der Waals surface area contributed by atoms with Crippen LogP contribution in [0.2, 0.25) is 0 Å². The molecule has 5 rings (SSSR count). The second-order valence-electron chi connectivity index (χ2n) is 10.9. The molecule has 246 valence electrons. The van der Waals surface area contributed by atoms with Crippen LogP contribution in [0.4, 0.5) is 0 Å². The summed E-state index contributed by atoms with van der Waals surface area (Å²) in [6, 6.07) is 38.6. The number of hydrogen-bond acceptors (Lipinski definition) is 8. The SMILES string of the molecule is COc1ccc(C(=O)O[C@@H](CCP(=O)(c2ccccc2)c2ccccc2)[C@@H](OC(=O)c2ccc(OC)cc2)c2ccc(OC)cc2)cc1. The Morgan fingerprint density at radius 2 is 0.938 bits per heavy atom. The van der Waals surface area contributed by atoms with E-state index in [4.69, 9.17) is 23.7 Å². The van der Waals surface area contributed by atoms with Gasteiger partial charge in [0.25, 0.3) is 0 Å². The van der Waals surface area contributed by atoms with Gasteiger partial charge in [0.05, 0.1) is 32.5 Å². The van der Waals surface area contributed by atoms with Crippen molar-refractivity contribution in [3.8, 4) is 17.2 Å². The fourth-order valence-corrected chi connectivity index (χ4v) is 8.06. The molecule has 0 fully saturated rings. The predicted molar refractivity (Wildman–Crippen MR) is 186 cm³/mol. The Balaban J connectivity index is 1.55. The first-order chi connectivity index (χ1) is 23.3. The third-order valence-electron chi connectivity index (χ3n) is 8.00. The standard InChI is InChI=1S/C39H37O8P/c1-43-31-20-14-28(15-21-31)37(47-39(41)30-18-24-33(45-3)25-19-30)36(46-38(40)29-16-22-32(44-2)23-17-29)26-27-48(42,34-10-6-4-7-11-34)35-12-8-5-9-13-35/h4-25,36-37H,26-27H2,1-3H3/t36-,37-/m0/s1. The van der Waals surface area contributed by atoms with Gasteiger partial charge in [0.1, 0.15) is 30.5 Å². The highest BCUT2D eigenvalue weighted by atomic mass is 31.2. The van der Waals surface area contributed by atoms with Gasteiger partial charge < -0.3 is 28.2 Å². The van der Waals surface area contributed by atoms with Crippen molar-refractivity contribution in [1.82, 2.24) is 0 Å². The molecule has 9 heteroatoms. The predicted octanol–water partition coefficient (Wildman–Crippen LogP) is 7.24. The lowest BCUT2D eigenvalue weighted by atomic mass is 10.0. The smallest absolute Gasteiger partial charge is 0.338 e. The van der Waals surface area contributed by atoms with Gasteiger partial charge in [-0.2, -0.15) is 0 Å². The van der Waals surface area contributed by atoms with Crippen molar-refractivity contribution in [3.05, 3.63) is 150 Å². The van der Waals surface area contributed by atoms with Gasteiger partial charge in [0, 0.05) is 16.8 Å². The van der Waals surface area contributed by atoms with Crippen molar-refractivity contribution in [3.63, 3.8) is 0 Å². The van der Waals surface area contributed by atoms with Crippen molar-refractivity contribution in [1.29, 1.82) is 0 Å². The fraction of sp³-hybridized carbons (Fsp3) is 0.179. The van der Waals surface area contributed by atoms with E-state index in [-0.39, 0.29) is 23.7 Å². The second kappa shape index (κ2) is 16.0. The first kappa shape index (κ1) is 34.0. The van der Waals surface area contributed by atoms with E-state index in [1.54, 1.807) is 87.0 Å². The number of carbonyl (C=O) groups is 2. The summed E-state index contributed by atoms with van der Waals surface area (Å²) in [6.45, 7) is 0. The van der Waals surface area contributed by atoms with Crippen LogP contribution in [0, 0.1) is 0 Å². The maximum atomic E-state index is 15.0. The number of ether oxygens (including phenoxy) is 5. The summed E-state index contributed by atoms with van der Waals surface area (Å²) in [7, 11) is 1.40. The monoisotopic (exact) mass is 664 g/mol. The van der Waals surface area contributed by atoms with Crippen LogP contribution >= 0.6 is 7.14 Å². The maximum absolute atomic E-state index is 15.0. The van der Waals surface area contributed by atoms with E-state index in [2.05, 4.69) is 0 Å². The molecular formula is C39H37O8P. The van der Waals surface area contributed by atoms with E-state index in [9.17, 15) is 9.59 Å². The van der Waals surface area contributed by atoms with E-state index in [0.29, 0.717) is 33.4 Å². The summed E-state index contributed by atoms with van der Waals surface area (Å²) in [5, 5.41) is 1.35. The van der Waals surface area contributed by atoms with Crippen LogP contribution < -0.4 is 24.8 Å². The Morgan fingerprint density at radius 1 is 0.542 bits per heavy atom. The molecule has 2 atom stereocenters. The summed E-state index contributed by atoms with van der Waals surface area (Å²) in [6.07, 6.45) is -1.85. The average molecular weight is 665 g/mol. The minimum Gasteiger partial charge on any atom is -0.497 e. The van der Waals surface area contributed by atoms with E-state index >= 15 is 4.57 Å². The third-order valence-corrected chi connectivity index (χ3v) is 11.2. The Labute approximate surface area is 280 Å². The van der Waals surface area contributed by atoms with Crippen molar-refractivity contribution in [2.24, 2.45) is 0 Å². The Morgan fingerprint density at radius 3 is 1.35 bits per heavy atom. The molecule has 0 heterocycles. The van der Waals surface area contributed by atoms with Crippen molar-refractivity contribution < 1.29 is 37.8 Å². The van der Waals surface area contributed by atoms with E-state index in [0.717, 1.165) is 0 Å². The molecule has 0 unspecified atom stereocenters. The quantitative estimate of drug-likeness (QED) is 0.0906. The highest BCUT2D eigenvalue weighted by Gasteiger charge is 2.35. The lowest BCUT2D eigenvalue weighted by Crippen LogP contribution is -2.31. The van der Waals surface area contributed by atoms with Crippen LogP contribution in [0.3, 0.4) is 0 Å². The third kappa shape index (κ3) is 8.14. The molecule has 0 saturated carbocycles. The molecule has 48 heavy (non-hydrogen) atoms. The van der Waals surface area contributed by atoms with Gasteiger partial charge in [0.15, 0.2) is 6.10 Å². The summed E-state index contributed by atoms with van der Waals surface area (Å²) >= 11 is 0. The zero-order valence-electron chi connectivity index (χ0n) is 27.0. The van der Waals surface area contributed by atoms with Crippen LogP contribution in [0.15, 0.2) is 133 Å². The van der Waals surface area contributed by atoms with Gasteiger partial charge in [-0.3, -0.25) is 0 Å². The lowest BCUT2D eigenvalue weighted by Gasteiger charge is -2.29.